The molecule has 5 rings (SSSR count). The summed E-state index contributed by atoms with van der Waals surface area (Å²) < 4.78 is 17.6. The van der Waals surface area contributed by atoms with Gasteiger partial charge >= 0.3 is 0 Å². The van der Waals surface area contributed by atoms with Crippen molar-refractivity contribution in [2.75, 3.05) is 14.2 Å². The van der Waals surface area contributed by atoms with Crippen LogP contribution in [0, 0.1) is 0 Å². The van der Waals surface area contributed by atoms with Crippen molar-refractivity contribution in [2.24, 2.45) is 5.10 Å². The minimum absolute atomic E-state index is 0.183. The summed E-state index contributed by atoms with van der Waals surface area (Å²) in [6.45, 7) is 0. The lowest BCUT2D eigenvalue weighted by Crippen LogP contribution is -2.51. The van der Waals surface area contributed by atoms with Crippen molar-refractivity contribution in [2.45, 2.75) is 43.9 Å². The van der Waals surface area contributed by atoms with E-state index in [-0.39, 0.29) is 11.8 Å². The van der Waals surface area contributed by atoms with Crippen LogP contribution in [-0.4, -0.2) is 30.7 Å². The predicted octanol–water partition coefficient (Wildman–Crippen LogP) is 4.52. The third-order valence-corrected chi connectivity index (χ3v) is 6.00. The van der Waals surface area contributed by atoms with E-state index in [0.29, 0.717) is 0 Å². The van der Waals surface area contributed by atoms with Gasteiger partial charge in [0.05, 0.1) is 26.0 Å². The fourth-order valence-corrected chi connectivity index (χ4v) is 4.67. The number of hydrogen-bond acceptors (Lipinski definition) is 5. The van der Waals surface area contributed by atoms with Crippen LogP contribution in [0.25, 0.3) is 0 Å². The van der Waals surface area contributed by atoms with Crippen molar-refractivity contribution in [1.29, 1.82) is 0 Å². The Morgan fingerprint density at radius 2 is 1.89 bits per heavy atom. The molecule has 0 saturated heterocycles. The van der Waals surface area contributed by atoms with Crippen molar-refractivity contribution in [3.8, 4) is 17.2 Å². The van der Waals surface area contributed by atoms with Crippen LogP contribution in [0.2, 0.25) is 0 Å². The standard InChI is InChI=1S/C22H24N2O3/c1-25-16-8-5-7-15(13-16)18-14-19-17-9-6-10-20(26-2)21(17)27-22(24(19)23-18)11-3-4-12-22/h5-10,13,19H,3-4,11-12,14H2,1-2H3. The molecule has 2 aromatic carbocycles. The molecule has 5 heteroatoms. The number of para-hydroxylation sites is 1. The second-order valence-electron chi connectivity index (χ2n) is 7.48. The molecule has 1 atom stereocenters. The third kappa shape index (κ3) is 2.48. The highest BCUT2D eigenvalue weighted by Crippen LogP contribution is 2.54. The molecular weight excluding hydrogens is 340 g/mol. The van der Waals surface area contributed by atoms with Gasteiger partial charge in [-0.25, -0.2) is 5.01 Å². The summed E-state index contributed by atoms with van der Waals surface area (Å²) in [6, 6.07) is 14.5. The van der Waals surface area contributed by atoms with Crippen LogP contribution >= 0.6 is 0 Å². The van der Waals surface area contributed by atoms with Gasteiger partial charge in [-0.15, -0.1) is 0 Å². The Morgan fingerprint density at radius 3 is 2.67 bits per heavy atom. The molecular formula is C22H24N2O3. The van der Waals surface area contributed by atoms with Gasteiger partial charge in [-0.05, 0) is 31.0 Å². The van der Waals surface area contributed by atoms with Gasteiger partial charge in [0.1, 0.15) is 5.75 Å². The zero-order valence-electron chi connectivity index (χ0n) is 15.8. The smallest absolute Gasteiger partial charge is 0.198 e. The average molecular weight is 364 g/mol. The number of methoxy groups -OCH3 is 2. The third-order valence-electron chi connectivity index (χ3n) is 6.00. The molecule has 1 spiro atoms. The summed E-state index contributed by atoms with van der Waals surface area (Å²) in [5.41, 5.74) is 3.01. The minimum atomic E-state index is -0.354. The Morgan fingerprint density at radius 1 is 1.07 bits per heavy atom. The van der Waals surface area contributed by atoms with E-state index >= 15 is 0 Å². The molecule has 0 amide bonds. The monoisotopic (exact) mass is 364 g/mol. The molecule has 3 aliphatic rings. The predicted molar refractivity (Wildman–Crippen MR) is 104 cm³/mol. The second-order valence-corrected chi connectivity index (χ2v) is 7.48. The molecule has 0 bridgehead atoms. The zero-order chi connectivity index (χ0) is 18.4. The molecule has 1 fully saturated rings. The molecule has 27 heavy (non-hydrogen) atoms. The summed E-state index contributed by atoms with van der Waals surface area (Å²) in [4.78, 5) is 0. The van der Waals surface area contributed by atoms with Crippen LogP contribution in [0.15, 0.2) is 47.6 Å². The van der Waals surface area contributed by atoms with Crippen LogP contribution in [0.4, 0.5) is 0 Å². The van der Waals surface area contributed by atoms with E-state index < -0.39 is 0 Å². The lowest BCUT2D eigenvalue weighted by atomic mass is 9.93. The van der Waals surface area contributed by atoms with E-state index in [1.54, 1.807) is 14.2 Å². The molecule has 0 N–H and O–H groups in total. The fourth-order valence-electron chi connectivity index (χ4n) is 4.67. The minimum Gasteiger partial charge on any atom is -0.497 e. The average Bonchev–Trinajstić information content (AvgIpc) is 3.36. The highest BCUT2D eigenvalue weighted by molar-refractivity contribution is 6.02. The highest BCUT2D eigenvalue weighted by Gasteiger charge is 2.52. The molecule has 140 valence electrons. The van der Waals surface area contributed by atoms with E-state index in [1.165, 1.54) is 0 Å². The number of rotatable bonds is 3. The van der Waals surface area contributed by atoms with Crippen LogP contribution in [-0.2, 0) is 0 Å². The van der Waals surface area contributed by atoms with E-state index in [0.717, 1.165) is 66.2 Å². The molecule has 1 unspecified atom stereocenters. The Kier molecular flexibility index (Phi) is 3.78. The molecule has 2 aliphatic heterocycles. The molecule has 1 aliphatic carbocycles. The lowest BCUT2D eigenvalue weighted by Gasteiger charge is -2.46. The summed E-state index contributed by atoms with van der Waals surface area (Å²) in [5.74, 6) is 2.56. The largest absolute Gasteiger partial charge is 0.497 e. The Bertz CT molecular complexity index is 902. The maximum absolute atomic E-state index is 6.61. The summed E-state index contributed by atoms with van der Waals surface area (Å²) in [6.07, 6.45) is 5.18. The number of hydrogen-bond donors (Lipinski definition) is 0. The van der Waals surface area contributed by atoms with Gasteiger partial charge in [-0.3, -0.25) is 0 Å². The maximum atomic E-state index is 6.61. The molecule has 5 nitrogen and oxygen atoms in total. The molecule has 0 radical (unpaired) electrons. The number of hydrazone groups is 1. The first-order valence-electron chi connectivity index (χ1n) is 9.61. The maximum Gasteiger partial charge on any atom is 0.198 e. The Balaban J connectivity index is 1.60. The lowest BCUT2D eigenvalue weighted by molar-refractivity contribution is -0.115. The first-order chi connectivity index (χ1) is 13.2. The number of nitrogens with zero attached hydrogens (tertiary/aromatic N) is 2. The van der Waals surface area contributed by atoms with Gasteiger partial charge in [0.25, 0.3) is 0 Å². The summed E-state index contributed by atoms with van der Waals surface area (Å²) >= 11 is 0. The van der Waals surface area contributed by atoms with Gasteiger partial charge < -0.3 is 14.2 Å². The van der Waals surface area contributed by atoms with Crippen LogP contribution in [0.1, 0.15) is 49.3 Å². The van der Waals surface area contributed by atoms with Crippen LogP contribution in [0.3, 0.4) is 0 Å². The van der Waals surface area contributed by atoms with Crippen molar-refractivity contribution in [3.05, 3.63) is 53.6 Å². The molecule has 2 aromatic rings. The van der Waals surface area contributed by atoms with Crippen molar-refractivity contribution >= 4 is 5.71 Å². The van der Waals surface area contributed by atoms with E-state index in [4.69, 9.17) is 19.3 Å². The first-order valence-corrected chi connectivity index (χ1v) is 9.61. The normalized spacial score (nSPS) is 22.1. The molecule has 0 aromatic heterocycles. The molecule has 2 heterocycles. The Hall–Kier alpha value is -2.69. The van der Waals surface area contributed by atoms with Crippen molar-refractivity contribution in [3.63, 3.8) is 0 Å². The van der Waals surface area contributed by atoms with Crippen molar-refractivity contribution < 1.29 is 14.2 Å². The van der Waals surface area contributed by atoms with Crippen molar-refractivity contribution in [1.82, 2.24) is 5.01 Å². The number of ether oxygens (including phenoxy) is 3. The van der Waals surface area contributed by atoms with Crippen LogP contribution < -0.4 is 14.2 Å². The van der Waals surface area contributed by atoms with E-state index in [1.807, 2.05) is 24.3 Å². The van der Waals surface area contributed by atoms with Gasteiger partial charge in [0, 0.05) is 30.4 Å². The summed E-state index contributed by atoms with van der Waals surface area (Å²) in [5, 5.41) is 7.31. The van der Waals surface area contributed by atoms with Gasteiger partial charge in [-0.1, -0.05) is 24.3 Å². The highest BCUT2D eigenvalue weighted by atomic mass is 16.5. The SMILES string of the molecule is COc1cccc(C2=NN3C(C2)c2cccc(OC)c2OC32CCCC2)c1. The number of benzene rings is 2. The summed E-state index contributed by atoms with van der Waals surface area (Å²) in [7, 11) is 3.40. The number of fused-ring (bicyclic) bond motifs is 4. The second kappa shape index (κ2) is 6.19. The zero-order valence-corrected chi connectivity index (χ0v) is 15.8. The van der Waals surface area contributed by atoms with Gasteiger partial charge in [0.15, 0.2) is 17.2 Å². The van der Waals surface area contributed by atoms with Gasteiger partial charge in [-0.2, -0.15) is 5.10 Å². The van der Waals surface area contributed by atoms with Crippen LogP contribution in [0.5, 0.6) is 17.2 Å². The van der Waals surface area contributed by atoms with Gasteiger partial charge in [0.2, 0.25) is 0 Å². The fraction of sp³-hybridized carbons (Fsp3) is 0.409. The topological polar surface area (TPSA) is 43.3 Å². The molecule has 1 saturated carbocycles. The Labute approximate surface area is 159 Å². The first kappa shape index (κ1) is 16.5. The quantitative estimate of drug-likeness (QED) is 0.803. The van der Waals surface area contributed by atoms with E-state index in [9.17, 15) is 0 Å². The van der Waals surface area contributed by atoms with E-state index in [2.05, 4.69) is 23.2 Å².